The molecule has 0 saturated carbocycles. The van der Waals surface area contributed by atoms with E-state index in [0.717, 1.165) is 50.0 Å². The number of hydrogen-bond donors (Lipinski definition) is 3. The number of hydrogen-bond acceptors (Lipinski definition) is 6. The molecule has 0 atom stereocenters. The molecule has 158 valence electrons. The predicted octanol–water partition coefficient (Wildman–Crippen LogP) is 4.23. The number of nitrogen functional groups attached to an aromatic ring is 1. The molecular weight excluding hydrogens is 390 g/mol. The fraction of sp³-hybridized carbons (Fsp3) is 0.273. The van der Waals surface area contributed by atoms with Crippen LogP contribution in [0.1, 0.15) is 31.1 Å². The number of aryl methyl sites for hydroxylation is 3. The van der Waals surface area contributed by atoms with Gasteiger partial charge in [-0.05, 0) is 44.9 Å². The topological polar surface area (TPSA) is 115 Å². The van der Waals surface area contributed by atoms with E-state index in [9.17, 15) is 0 Å². The van der Waals surface area contributed by atoms with Crippen LogP contribution in [0.15, 0.2) is 30.7 Å². The summed E-state index contributed by atoms with van der Waals surface area (Å²) in [7, 11) is 1.88. The van der Waals surface area contributed by atoms with Crippen molar-refractivity contribution in [2.75, 3.05) is 11.1 Å². The van der Waals surface area contributed by atoms with Crippen molar-refractivity contribution in [3.63, 3.8) is 0 Å². The zero-order valence-corrected chi connectivity index (χ0v) is 18.2. The fourth-order valence-corrected chi connectivity index (χ4v) is 4.14. The van der Waals surface area contributed by atoms with Crippen LogP contribution in [0, 0.1) is 13.8 Å². The molecule has 5 rings (SSSR count). The number of fused-ring (bicyclic) bond motifs is 2. The van der Waals surface area contributed by atoms with Gasteiger partial charge in [-0.15, -0.1) is 0 Å². The van der Waals surface area contributed by atoms with Crippen LogP contribution < -0.4 is 11.1 Å². The lowest BCUT2D eigenvalue weighted by molar-refractivity contribution is 0.618. The Morgan fingerprint density at radius 1 is 1.13 bits per heavy atom. The van der Waals surface area contributed by atoms with Crippen LogP contribution in [0.2, 0.25) is 0 Å². The molecule has 0 aliphatic heterocycles. The van der Waals surface area contributed by atoms with E-state index in [1.165, 1.54) is 0 Å². The van der Waals surface area contributed by atoms with E-state index >= 15 is 0 Å². The van der Waals surface area contributed by atoms with E-state index < -0.39 is 0 Å². The van der Waals surface area contributed by atoms with Crippen LogP contribution >= 0.6 is 0 Å². The van der Waals surface area contributed by atoms with E-state index in [2.05, 4.69) is 63.2 Å². The second-order valence-corrected chi connectivity index (χ2v) is 8.19. The summed E-state index contributed by atoms with van der Waals surface area (Å²) in [6.07, 6.45) is 5.87. The highest BCUT2D eigenvalue weighted by molar-refractivity contribution is 6.08. The van der Waals surface area contributed by atoms with Gasteiger partial charge in [0, 0.05) is 36.4 Å². The zero-order chi connectivity index (χ0) is 21.9. The first kappa shape index (κ1) is 19.1. The smallest absolute Gasteiger partial charge is 0.231 e. The van der Waals surface area contributed by atoms with Crippen LogP contribution in [0.5, 0.6) is 0 Å². The van der Waals surface area contributed by atoms with Crippen molar-refractivity contribution in [2.45, 2.75) is 33.7 Å². The summed E-state index contributed by atoms with van der Waals surface area (Å²) >= 11 is 0. The molecule has 1 aromatic carbocycles. The standard InChI is InChI=1S/C22H25N9/c1-11(2)31-9-15(18-12(3)6-7-16-14(18)8-24-28-16)19-20(23)26-22(27-21(19)31)25-17-10-30(5)29-13(17)4/h6-11H,1-5H3,(H,24,28)(H3,23,25,26,27). The molecule has 4 N–H and O–H groups in total. The molecule has 31 heavy (non-hydrogen) atoms. The molecule has 4 heterocycles. The lowest BCUT2D eigenvalue weighted by Crippen LogP contribution is -2.05. The van der Waals surface area contributed by atoms with E-state index in [4.69, 9.17) is 10.7 Å². The predicted molar refractivity (Wildman–Crippen MR) is 123 cm³/mol. The van der Waals surface area contributed by atoms with E-state index in [0.29, 0.717) is 11.8 Å². The molecule has 0 unspecified atom stereocenters. The average molecular weight is 416 g/mol. The minimum atomic E-state index is 0.197. The zero-order valence-electron chi connectivity index (χ0n) is 18.2. The molecular formula is C22H25N9. The van der Waals surface area contributed by atoms with Crippen LogP contribution in [0.3, 0.4) is 0 Å². The quantitative estimate of drug-likeness (QED) is 0.404. The summed E-state index contributed by atoms with van der Waals surface area (Å²) < 4.78 is 3.89. The Labute approximate surface area is 179 Å². The minimum absolute atomic E-state index is 0.197. The highest BCUT2D eigenvalue weighted by atomic mass is 15.3. The van der Waals surface area contributed by atoms with Crippen molar-refractivity contribution in [3.8, 4) is 11.1 Å². The SMILES string of the molecule is Cc1ccc2[nH]ncc2c1-c1cn(C(C)C)c2nc(Nc3cn(C)nc3C)nc(N)c12. The number of aromatic nitrogens is 7. The van der Waals surface area contributed by atoms with E-state index in [-0.39, 0.29) is 6.04 Å². The summed E-state index contributed by atoms with van der Waals surface area (Å²) in [5.41, 5.74) is 13.3. The van der Waals surface area contributed by atoms with Crippen molar-refractivity contribution in [1.29, 1.82) is 0 Å². The van der Waals surface area contributed by atoms with Gasteiger partial charge >= 0.3 is 0 Å². The van der Waals surface area contributed by atoms with E-state index in [1.54, 1.807) is 4.68 Å². The van der Waals surface area contributed by atoms with E-state index in [1.807, 2.05) is 32.4 Å². The second kappa shape index (κ2) is 6.83. The third-order valence-corrected chi connectivity index (χ3v) is 5.62. The Morgan fingerprint density at radius 2 is 1.94 bits per heavy atom. The number of nitrogens with two attached hydrogens (primary N) is 1. The number of aromatic amines is 1. The van der Waals surface area contributed by atoms with Gasteiger partial charge in [-0.2, -0.15) is 20.2 Å². The van der Waals surface area contributed by atoms with Crippen LogP contribution in [-0.2, 0) is 7.05 Å². The molecule has 0 aliphatic carbocycles. The lowest BCUT2D eigenvalue weighted by atomic mass is 9.97. The van der Waals surface area contributed by atoms with Crippen molar-refractivity contribution in [1.82, 2.24) is 34.5 Å². The first-order valence-electron chi connectivity index (χ1n) is 10.2. The number of nitrogens with zero attached hydrogens (tertiary/aromatic N) is 6. The molecule has 0 bridgehead atoms. The third-order valence-electron chi connectivity index (χ3n) is 5.62. The molecule has 9 heteroatoms. The Balaban J connectivity index is 1.75. The van der Waals surface area contributed by atoms with Gasteiger partial charge in [-0.1, -0.05) is 6.07 Å². The number of nitrogens with one attached hydrogen (secondary N) is 2. The van der Waals surface area contributed by atoms with Gasteiger partial charge in [0.05, 0.1) is 28.5 Å². The average Bonchev–Trinajstić information content (AvgIpc) is 3.39. The molecule has 0 aliphatic rings. The Bertz CT molecular complexity index is 1430. The van der Waals surface area contributed by atoms with Crippen molar-refractivity contribution < 1.29 is 0 Å². The molecule has 4 aromatic heterocycles. The second-order valence-electron chi connectivity index (χ2n) is 8.19. The van der Waals surface area contributed by atoms with Crippen LogP contribution in [-0.4, -0.2) is 34.5 Å². The molecule has 0 amide bonds. The molecule has 0 fully saturated rings. The lowest BCUT2D eigenvalue weighted by Gasteiger charge is -2.10. The molecule has 0 radical (unpaired) electrons. The van der Waals surface area contributed by atoms with Crippen LogP contribution in [0.4, 0.5) is 17.5 Å². The maximum atomic E-state index is 6.53. The number of benzene rings is 1. The van der Waals surface area contributed by atoms with Gasteiger partial charge in [-0.3, -0.25) is 9.78 Å². The molecule has 9 nitrogen and oxygen atoms in total. The summed E-state index contributed by atoms with van der Waals surface area (Å²) in [5, 5.41) is 16.8. The van der Waals surface area contributed by atoms with Gasteiger partial charge in [0.15, 0.2) is 0 Å². The first-order valence-corrected chi connectivity index (χ1v) is 10.2. The van der Waals surface area contributed by atoms with Gasteiger partial charge in [0.2, 0.25) is 5.95 Å². The maximum absolute atomic E-state index is 6.53. The van der Waals surface area contributed by atoms with Gasteiger partial charge in [-0.25, -0.2) is 0 Å². The summed E-state index contributed by atoms with van der Waals surface area (Å²) in [5.74, 6) is 0.884. The van der Waals surface area contributed by atoms with Crippen molar-refractivity contribution in [3.05, 3.63) is 42.0 Å². The highest BCUT2D eigenvalue weighted by Gasteiger charge is 2.21. The minimum Gasteiger partial charge on any atom is -0.383 e. The maximum Gasteiger partial charge on any atom is 0.231 e. The van der Waals surface area contributed by atoms with Gasteiger partial charge < -0.3 is 15.6 Å². The number of H-pyrrole nitrogens is 1. The fourth-order valence-electron chi connectivity index (χ4n) is 4.14. The molecule has 0 saturated heterocycles. The molecule has 5 aromatic rings. The Morgan fingerprint density at radius 3 is 2.65 bits per heavy atom. The number of anilines is 3. The van der Waals surface area contributed by atoms with Crippen molar-refractivity contribution in [2.24, 2.45) is 7.05 Å². The third kappa shape index (κ3) is 3.00. The normalized spacial score (nSPS) is 11.8. The Kier molecular flexibility index (Phi) is 4.21. The van der Waals surface area contributed by atoms with Crippen LogP contribution in [0.25, 0.3) is 33.1 Å². The largest absolute Gasteiger partial charge is 0.383 e. The summed E-state index contributed by atoms with van der Waals surface area (Å²) in [6.45, 7) is 8.29. The van der Waals surface area contributed by atoms with Crippen molar-refractivity contribution >= 4 is 39.4 Å². The number of rotatable bonds is 4. The Hall–Kier alpha value is -3.88. The monoisotopic (exact) mass is 415 g/mol. The summed E-state index contributed by atoms with van der Waals surface area (Å²) in [4.78, 5) is 9.43. The summed E-state index contributed by atoms with van der Waals surface area (Å²) in [6, 6.07) is 4.33. The highest BCUT2D eigenvalue weighted by Crippen LogP contribution is 2.40. The van der Waals surface area contributed by atoms with Gasteiger partial charge in [0.25, 0.3) is 0 Å². The van der Waals surface area contributed by atoms with Gasteiger partial charge in [0.1, 0.15) is 11.5 Å². The molecule has 0 spiro atoms. The first-order chi connectivity index (χ1) is 14.8.